The van der Waals surface area contributed by atoms with E-state index in [-0.39, 0.29) is 18.5 Å². The first kappa shape index (κ1) is 17.5. The van der Waals surface area contributed by atoms with Gasteiger partial charge >= 0.3 is 5.97 Å². The Hall–Kier alpha value is -1.30. The zero-order valence-electron chi connectivity index (χ0n) is 13.2. The third-order valence-corrected chi connectivity index (χ3v) is 5.69. The van der Waals surface area contributed by atoms with Gasteiger partial charge in [-0.25, -0.2) is 0 Å². The number of halogens is 2. The number of carbonyl (C=O) groups excluding carboxylic acids is 1. The van der Waals surface area contributed by atoms with Gasteiger partial charge in [0.25, 0.3) is 0 Å². The third kappa shape index (κ3) is 3.53. The van der Waals surface area contributed by atoms with E-state index in [1.807, 2.05) is 4.90 Å². The van der Waals surface area contributed by atoms with Crippen molar-refractivity contribution in [2.75, 3.05) is 11.9 Å². The van der Waals surface area contributed by atoms with Crippen LogP contribution in [0.1, 0.15) is 32.1 Å². The first-order chi connectivity index (χ1) is 11.5. The first-order valence-electron chi connectivity index (χ1n) is 8.20. The molecule has 0 radical (unpaired) electrons. The number of hydrogen-bond acceptors (Lipinski definition) is 3. The Kier molecular flexibility index (Phi) is 5.33. The highest BCUT2D eigenvalue weighted by Gasteiger charge is 2.45. The molecule has 1 aromatic rings. The standard InChI is InChI=1S/C17H20Cl2N2O3/c18-11-5-3-6-12(19)16(11)20-15(22)9-21-13-7-2-1-4-10(13)8-14(21)17(23)24/h3,5-6,10,13-14H,1-2,4,7-9H2,(H,20,22)(H,23,24). The van der Waals surface area contributed by atoms with Crippen LogP contribution in [-0.2, 0) is 9.59 Å². The Bertz CT molecular complexity index is 632. The highest BCUT2D eigenvalue weighted by atomic mass is 35.5. The summed E-state index contributed by atoms with van der Waals surface area (Å²) in [6.07, 6.45) is 4.85. The van der Waals surface area contributed by atoms with Gasteiger partial charge in [-0.1, -0.05) is 42.1 Å². The number of hydrogen-bond donors (Lipinski definition) is 2. The summed E-state index contributed by atoms with van der Waals surface area (Å²) in [5, 5.41) is 13.0. The fourth-order valence-corrected chi connectivity index (χ4v) is 4.48. The number of anilines is 1. The van der Waals surface area contributed by atoms with Crippen LogP contribution in [0.15, 0.2) is 18.2 Å². The molecule has 0 spiro atoms. The zero-order valence-corrected chi connectivity index (χ0v) is 14.7. The van der Waals surface area contributed by atoms with E-state index in [0.717, 1.165) is 25.7 Å². The van der Waals surface area contributed by atoms with Gasteiger partial charge in [-0.3, -0.25) is 14.5 Å². The van der Waals surface area contributed by atoms with E-state index in [4.69, 9.17) is 23.2 Å². The van der Waals surface area contributed by atoms with Gasteiger partial charge in [0.15, 0.2) is 0 Å². The molecule has 2 aliphatic rings. The van der Waals surface area contributed by atoms with Crippen molar-refractivity contribution in [3.63, 3.8) is 0 Å². The molecule has 130 valence electrons. The lowest BCUT2D eigenvalue weighted by Crippen LogP contribution is -2.46. The minimum Gasteiger partial charge on any atom is -0.480 e. The highest BCUT2D eigenvalue weighted by molar-refractivity contribution is 6.39. The summed E-state index contributed by atoms with van der Waals surface area (Å²) in [6, 6.07) is 4.58. The van der Waals surface area contributed by atoms with Crippen LogP contribution in [0.2, 0.25) is 10.0 Å². The lowest BCUT2D eigenvalue weighted by molar-refractivity contribution is -0.143. The summed E-state index contributed by atoms with van der Waals surface area (Å²) in [6.45, 7) is 0.0414. The van der Waals surface area contributed by atoms with Crippen LogP contribution in [0, 0.1) is 5.92 Å². The van der Waals surface area contributed by atoms with Crippen molar-refractivity contribution >= 4 is 40.8 Å². The van der Waals surface area contributed by atoms with Crippen molar-refractivity contribution in [1.82, 2.24) is 4.90 Å². The second-order valence-corrected chi connectivity index (χ2v) is 7.33. The maximum absolute atomic E-state index is 12.5. The molecule has 1 aromatic carbocycles. The molecule has 1 heterocycles. The Morgan fingerprint density at radius 3 is 2.54 bits per heavy atom. The van der Waals surface area contributed by atoms with Crippen LogP contribution in [0.5, 0.6) is 0 Å². The fraction of sp³-hybridized carbons (Fsp3) is 0.529. The molecule has 1 amide bonds. The number of likely N-dealkylation sites (tertiary alicyclic amines) is 1. The molecule has 1 saturated carbocycles. The molecule has 3 unspecified atom stereocenters. The van der Waals surface area contributed by atoms with Crippen LogP contribution in [0.25, 0.3) is 0 Å². The van der Waals surface area contributed by atoms with Crippen LogP contribution in [-0.4, -0.2) is 40.5 Å². The zero-order chi connectivity index (χ0) is 17.3. The average molecular weight is 371 g/mol. The van der Waals surface area contributed by atoms with Crippen molar-refractivity contribution in [3.05, 3.63) is 28.2 Å². The molecule has 3 rings (SSSR count). The smallest absolute Gasteiger partial charge is 0.320 e. The van der Waals surface area contributed by atoms with Crippen molar-refractivity contribution in [2.24, 2.45) is 5.92 Å². The molecule has 5 nitrogen and oxygen atoms in total. The van der Waals surface area contributed by atoms with E-state index in [1.165, 1.54) is 0 Å². The van der Waals surface area contributed by atoms with Crippen molar-refractivity contribution in [2.45, 2.75) is 44.2 Å². The minimum atomic E-state index is -0.854. The van der Waals surface area contributed by atoms with Crippen molar-refractivity contribution in [3.8, 4) is 0 Å². The number of nitrogens with one attached hydrogen (secondary N) is 1. The van der Waals surface area contributed by atoms with E-state index >= 15 is 0 Å². The first-order valence-corrected chi connectivity index (χ1v) is 8.95. The molecule has 3 atom stereocenters. The fourth-order valence-electron chi connectivity index (χ4n) is 3.99. The largest absolute Gasteiger partial charge is 0.480 e. The predicted octanol–water partition coefficient (Wildman–Crippen LogP) is 3.65. The Balaban J connectivity index is 1.73. The van der Waals surface area contributed by atoms with Crippen molar-refractivity contribution in [1.29, 1.82) is 0 Å². The van der Waals surface area contributed by atoms with Crippen LogP contribution in [0.4, 0.5) is 5.69 Å². The molecule has 1 aliphatic carbocycles. The number of benzene rings is 1. The van der Waals surface area contributed by atoms with E-state index in [1.54, 1.807) is 18.2 Å². The Morgan fingerprint density at radius 2 is 1.88 bits per heavy atom. The summed E-state index contributed by atoms with van der Waals surface area (Å²) >= 11 is 12.1. The molecule has 0 aromatic heterocycles. The van der Waals surface area contributed by atoms with Gasteiger partial charge in [0.1, 0.15) is 6.04 Å². The number of carboxylic acids is 1. The maximum atomic E-state index is 12.5. The van der Waals surface area contributed by atoms with Gasteiger partial charge in [0, 0.05) is 6.04 Å². The lowest BCUT2D eigenvalue weighted by atomic mass is 9.85. The van der Waals surface area contributed by atoms with Gasteiger partial charge in [-0.15, -0.1) is 0 Å². The van der Waals surface area contributed by atoms with Gasteiger partial charge in [0.2, 0.25) is 5.91 Å². The lowest BCUT2D eigenvalue weighted by Gasteiger charge is -2.32. The summed E-state index contributed by atoms with van der Waals surface area (Å²) in [7, 11) is 0. The monoisotopic (exact) mass is 370 g/mol. The summed E-state index contributed by atoms with van der Waals surface area (Å²) in [5.41, 5.74) is 0.372. The van der Waals surface area contributed by atoms with E-state index in [9.17, 15) is 14.7 Å². The van der Waals surface area contributed by atoms with Gasteiger partial charge in [-0.05, 0) is 37.3 Å². The number of fused-ring (bicyclic) bond motifs is 1. The quantitative estimate of drug-likeness (QED) is 0.848. The third-order valence-electron chi connectivity index (χ3n) is 5.06. The molecule has 2 N–H and O–H groups in total. The van der Waals surface area contributed by atoms with Gasteiger partial charge in [0.05, 0.1) is 22.3 Å². The van der Waals surface area contributed by atoms with E-state index < -0.39 is 12.0 Å². The summed E-state index contributed by atoms with van der Waals surface area (Å²) in [4.78, 5) is 25.9. The van der Waals surface area contributed by atoms with Gasteiger partial charge < -0.3 is 10.4 Å². The number of carboxylic acid groups (broad SMARTS) is 1. The molecule has 1 saturated heterocycles. The van der Waals surface area contributed by atoms with Crippen LogP contribution in [0.3, 0.4) is 0 Å². The highest BCUT2D eigenvalue weighted by Crippen LogP contribution is 2.39. The molecule has 24 heavy (non-hydrogen) atoms. The van der Waals surface area contributed by atoms with Gasteiger partial charge in [-0.2, -0.15) is 0 Å². The van der Waals surface area contributed by atoms with Crippen LogP contribution >= 0.6 is 23.2 Å². The maximum Gasteiger partial charge on any atom is 0.320 e. The number of amides is 1. The second kappa shape index (κ2) is 7.30. The number of rotatable bonds is 4. The normalized spacial score (nSPS) is 26.8. The van der Waals surface area contributed by atoms with E-state index in [2.05, 4.69) is 5.32 Å². The average Bonchev–Trinajstić information content (AvgIpc) is 2.90. The number of aliphatic carboxylic acids is 1. The molecule has 2 fully saturated rings. The molecular formula is C17H20Cl2N2O3. The molecule has 7 heteroatoms. The topological polar surface area (TPSA) is 69.6 Å². The van der Waals surface area contributed by atoms with E-state index in [0.29, 0.717) is 28.1 Å². The molecular weight excluding hydrogens is 351 g/mol. The minimum absolute atomic E-state index is 0.0414. The summed E-state index contributed by atoms with van der Waals surface area (Å²) in [5.74, 6) is -0.771. The predicted molar refractivity (Wildman–Crippen MR) is 93.6 cm³/mol. The Labute approximate surface area is 150 Å². The SMILES string of the molecule is O=C(CN1C(C(=O)O)CC2CCCCC21)Nc1c(Cl)cccc1Cl. The Morgan fingerprint density at radius 1 is 1.21 bits per heavy atom. The van der Waals surface area contributed by atoms with Crippen molar-refractivity contribution < 1.29 is 14.7 Å². The summed E-state index contributed by atoms with van der Waals surface area (Å²) < 4.78 is 0. The molecule has 0 bridgehead atoms. The van der Waals surface area contributed by atoms with Crippen LogP contribution < -0.4 is 5.32 Å². The number of nitrogens with zero attached hydrogens (tertiary/aromatic N) is 1. The second-order valence-electron chi connectivity index (χ2n) is 6.52. The number of carbonyl (C=O) groups is 2. The number of para-hydroxylation sites is 1. The molecule has 1 aliphatic heterocycles.